The van der Waals surface area contributed by atoms with E-state index in [0.717, 1.165) is 24.8 Å². The Hall–Kier alpha value is -0.890. The Kier molecular flexibility index (Phi) is 4.76. The highest BCUT2D eigenvalue weighted by atomic mass is 35.5. The van der Waals surface area contributed by atoms with Gasteiger partial charge in [-0.15, -0.1) is 0 Å². The molecular weight excluding hydrogens is 212 g/mol. The van der Waals surface area contributed by atoms with Gasteiger partial charge in [0.05, 0.1) is 0 Å². The Morgan fingerprint density at radius 1 is 1.13 bits per heavy atom. The first-order chi connectivity index (χ1) is 7.16. The van der Waals surface area contributed by atoms with Crippen LogP contribution in [0.3, 0.4) is 0 Å². The molecule has 3 heteroatoms. The quantitative estimate of drug-likeness (QED) is 0.751. The zero-order valence-corrected chi connectivity index (χ0v) is 9.72. The molecule has 0 spiro atoms. The van der Waals surface area contributed by atoms with Crippen molar-refractivity contribution in [1.82, 2.24) is 0 Å². The number of phenolic OH excluding ortho intramolecular Hbond substituents is 2. The van der Waals surface area contributed by atoms with E-state index in [2.05, 4.69) is 6.92 Å². The van der Waals surface area contributed by atoms with Crippen LogP contribution in [0.1, 0.15) is 38.2 Å². The van der Waals surface area contributed by atoms with E-state index >= 15 is 0 Å². The van der Waals surface area contributed by atoms with Crippen molar-refractivity contribution in [3.63, 3.8) is 0 Å². The molecule has 0 radical (unpaired) electrons. The molecule has 0 aliphatic rings. The maximum Gasteiger partial charge on any atom is 0.141 e. The highest BCUT2D eigenvalue weighted by Gasteiger charge is 2.09. The third kappa shape index (κ3) is 3.31. The number of aryl methyl sites for hydroxylation is 1. The zero-order valence-electron chi connectivity index (χ0n) is 8.96. The number of halogens is 1. The zero-order chi connectivity index (χ0) is 11.3. The average molecular weight is 229 g/mol. The number of benzene rings is 1. The lowest BCUT2D eigenvalue weighted by atomic mass is 10.1. The van der Waals surface area contributed by atoms with Gasteiger partial charge in [-0.3, -0.25) is 0 Å². The van der Waals surface area contributed by atoms with Gasteiger partial charge in [0, 0.05) is 0 Å². The largest absolute Gasteiger partial charge is 0.506 e. The predicted molar refractivity (Wildman–Crippen MR) is 62.6 cm³/mol. The van der Waals surface area contributed by atoms with Gasteiger partial charge in [0.1, 0.15) is 16.5 Å². The van der Waals surface area contributed by atoms with Crippen LogP contribution >= 0.6 is 11.6 Å². The number of aromatic hydroxyl groups is 2. The summed E-state index contributed by atoms with van der Waals surface area (Å²) in [7, 11) is 0. The Morgan fingerprint density at radius 2 is 1.87 bits per heavy atom. The van der Waals surface area contributed by atoms with Crippen molar-refractivity contribution in [2.75, 3.05) is 0 Å². The normalized spacial score (nSPS) is 10.5. The van der Waals surface area contributed by atoms with Crippen LogP contribution in [0, 0.1) is 0 Å². The van der Waals surface area contributed by atoms with Gasteiger partial charge >= 0.3 is 0 Å². The van der Waals surface area contributed by atoms with Gasteiger partial charge in [-0.25, -0.2) is 0 Å². The molecule has 0 amide bonds. The van der Waals surface area contributed by atoms with Gasteiger partial charge in [-0.05, 0) is 24.5 Å². The summed E-state index contributed by atoms with van der Waals surface area (Å²) in [6.07, 6.45) is 5.43. The molecule has 0 aliphatic heterocycles. The lowest BCUT2D eigenvalue weighted by Gasteiger charge is -2.07. The smallest absolute Gasteiger partial charge is 0.141 e. The summed E-state index contributed by atoms with van der Waals surface area (Å²) in [5.41, 5.74) is 0.814. The second-order valence-electron chi connectivity index (χ2n) is 3.72. The fourth-order valence-electron chi connectivity index (χ4n) is 1.54. The van der Waals surface area contributed by atoms with Gasteiger partial charge in [0.2, 0.25) is 0 Å². The molecule has 0 saturated carbocycles. The van der Waals surface area contributed by atoms with Crippen LogP contribution in [0.2, 0.25) is 5.02 Å². The van der Waals surface area contributed by atoms with E-state index in [1.54, 1.807) is 6.07 Å². The summed E-state index contributed by atoms with van der Waals surface area (Å²) in [4.78, 5) is 0. The van der Waals surface area contributed by atoms with Crippen molar-refractivity contribution in [3.05, 3.63) is 22.7 Å². The highest BCUT2D eigenvalue weighted by Crippen LogP contribution is 2.35. The molecule has 0 atom stereocenters. The van der Waals surface area contributed by atoms with Gasteiger partial charge in [0.25, 0.3) is 0 Å². The van der Waals surface area contributed by atoms with E-state index in [0.29, 0.717) is 0 Å². The summed E-state index contributed by atoms with van der Waals surface area (Å²) in [6, 6.07) is 3.25. The predicted octanol–water partition coefficient (Wildman–Crippen LogP) is 3.87. The first-order valence-electron chi connectivity index (χ1n) is 5.36. The van der Waals surface area contributed by atoms with E-state index in [4.69, 9.17) is 11.6 Å². The van der Waals surface area contributed by atoms with Gasteiger partial charge < -0.3 is 10.2 Å². The first-order valence-corrected chi connectivity index (χ1v) is 5.74. The molecule has 0 unspecified atom stereocenters. The molecular formula is C12H17ClO2. The van der Waals surface area contributed by atoms with E-state index < -0.39 is 0 Å². The van der Waals surface area contributed by atoms with Crippen molar-refractivity contribution >= 4 is 11.6 Å². The Morgan fingerprint density at radius 3 is 2.53 bits per heavy atom. The molecule has 2 nitrogen and oxygen atoms in total. The standard InChI is InChI=1S/C12H17ClO2/c1-2-3-4-5-6-9-7-8-10(14)11(13)12(9)15/h7-8,14-15H,2-6H2,1H3. The molecule has 1 rings (SSSR count). The van der Waals surface area contributed by atoms with E-state index in [1.165, 1.54) is 18.9 Å². The minimum absolute atomic E-state index is 0.0214. The summed E-state index contributed by atoms with van der Waals surface area (Å²) in [5, 5.41) is 18.9. The van der Waals surface area contributed by atoms with E-state index in [1.807, 2.05) is 0 Å². The molecule has 0 saturated heterocycles. The third-order valence-electron chi connectivity index (χ3n) is 2.48. The van der Waals surface area contributed by atoms with Crippen LogP contribution in [0.5, 0.6) is 11.5 Å². The summed E-state index contributed by atoms with van der Waals surface area (Å²) in [5.74, 6) is -0.0420. The number of unbranched alkanes of at least 4 members (excludes halogenated alkanes) is 3. The summed E-state index contributed by atoms with van der Waals surface area (Å²) in [6.45, 7) is 2.16. The SMILES string of the molecule is CCCCCCc1ccc(O)c(Cl)c1O. The minimum Gasteiger partial charge on any atom is -0.506 e. The third-order valence-corrected chi connectivity index (χ3v) is 2.85. The first kappa shape index (κ1) is 12.2. The van der Waals surface area contributed by atoms with Crippen LogP contribution in [0.15, 0.2) is 12.1 Å². The molecule has 15 heavy (non-hydrogen) atoms. The Labute approximate surface area is 95.5 Å². The monoisotopic (exact) mass is 228 g/mol. The molecule has 0 bridgehead atoms. The van der Waals surface area contributed by atoms with Crippen LogP contribution < -0.4 is 0 Å². The number of hydrogen-bond acceptors (Lipinski definition) is 2. The molecule has 0 fully saturated rings. The van der Waals surface area contributed by atoms with E-state index in [9.17, 15) is 10.2 Å². The Balaban J connectivity index is 2.58. The van der Waals surface area contributed by atoms with Crippen molar-refractivity contribution in [2.24, 2.45) is 0 Å². The van der Waals surface area contributed by atoms with Crippen LogP contribution in [-0.2, 0) is 6.42 Å². The number of hydrogen-bond donors (Lipinski definition) is 2. The van der Waals surface area contributed by atoms with Crippen LogP contribution in [0.25, 0.3) is 0 Å². The molecule has 1 aromatic rings. The molecule has 84 valence electrons. The van der Waals surface area contributed by atoms with Gasteiger partial charge in [-0.2, -0.15) is 0 Å². The average Bonchev–Trinajstić information content (AvgIpc) is 2.24. The van der Waals surface area contributed by atoms with Gasteiger partial charge in [-0.1, -0.05) is 43.9 Å². The lowest BCUT2D eigenvalue weighted by Crippen LogP contribution is -1.87. The maximum absolute atomic E-state index is 9.64. The number of phenols is 2. The highest BCUT2D eigenvalue weighted by molar-refractivity contribution is 6.33. The topological polar surface area (TPSA) is 40.5 Å². The van der Waals surface area contributed by atoms with Gasteiger partial charge in [0.15, 0.2) is 0 Å². The molecule has 0 heterocycles. The molecule has 0 aliphatic carbocycles. The van der Waals surface area contributed by atoms with Crippen molar-refractivity contribution in [1.29, 1.82) is 0 Å². The Bertz CT molecular complexity index is 324. The minimum atomic E-state index is -0.0634. The number of rotatable bonds is 5. The van der Waals surface area contributed by atoms with Crippen LogP contribution in [-0.4, -0.2) is 10.2 Å². The second-order valence-corrected chi connectivity index (χ2v) is 4.10. The molecule has 1 aromatic carbocycles. The molecule has 2 N–H and O–H groups in total. The fraction of sp³-hybridized carbons (Fsp3) is 0.500. The van der Waals surface area contributed by atoms with Crippen LogP contribution in [0.4, 0.5) is 0 Å². The summed E-state index contributed by atoms with van der Waals surface area (Å²) < 4.78 is 0. The molecule has 0 aromatic heterocycles. The lowest BCUT2D eigenvalue weighted by molar-refractivity contribution is 0.445. The van der Waals surface area contributed by atoms with E-state index in [-0.39, 0.29) is 16.5 Å². The maximum atomic E-state index is 9.64. The summed E-state index contributed by atoms with van der Waals surface area (Å²) >= 11 is 5.72. The fourth-order valence-corrected chi connectivity index (χ4v) is 1.72. The van der Waals surface area contributed by atoms with Crippen molar-refractivity contribution in [2.45, 2.75) is 39.0 Å². The van der Waals surface area contributed by atoms with Crippen molar-refractivity contribution < 1.29 is 10.2 Å². The second kappa shape index (κ2) is 5.86. The van der Waals surface area contributed by atoms with Crippen molar-refractivity contribution in [3.8, 4) is 11.5 Å².